The minimum atomic E-state index is -3.06. The number of oxazole rings is 1. The Bertz CT molecular complexity index is 888. The van der Waals surface area contributed by atoms with E-state index in [2.05, 4.69) is 4.98 Å². The summed E-state index contributed by atoms with van der Waals surface area (Å²) in [5.41, 5.74) is 1.44. The lowest BCUT2D eigenvalue weighted by atomic mass is 10.1. The Labute approximate surface area is 162 Å². The first kappa shape index (κ1) is 18.8. The van der Waals surface area contributed by atoms with Crippen molar-refractivity contribution >= 4 is 38.6 Å². The van der Waals surface area contributed by atoms with E-state index in [0.29, 0.717) is 30.4 Å². The number of fused-ring (bicyclic) bond motifs is 1. The number of hydrogen-bond acceptors (Lipinski definition) is 7. The van der Waals surface area contributed by atoms with Crippen molar-refractivity contribution in [3.63, 3.8) is 0 Å². The summed E-state index contributed by atoms with van der Waals surface area (Å²) >= 11 is 1.24. The van der Waals surface area contributed by atoms with Crippen LogP contribution in [0.5, 0.6) is 0 Å². The summed E-state index contributed by atoms with van der Waals surface area (Å²) in [7, 11) is -3.06. The van der Waals surface area contributed by atoms with Crippen LogP contribution in [0.3, 0.4) is 0 Å². The molecule has 0 spiro atoms. The fourth-order valence-electron chi connectivity index (χ4n) is 3.60. The van der Waals surface area contributed by atoms with Crippen LogP contribution in [0.15, 0.2) is 33.9 Å². The van der Waals surface area contributed by atoms with Crippen molar-refractivity contribution in [2.75, 3.05) is 30.4 Å². The topological polar surface area (TPSA) is 89.7 Å². The largest absolute Gasteiger partial charge is 0.431 e. The van der Waals surface area contributed by atoms with Gasteiger partial charge in [0, 0.05) is 19.2 Å². The highest BCUT2D eigenvalue weighted by Crippen LogP contribution is 2.26. The molecule has 0 aliphatic carbocycles. The number of thioether (sulfide) groups is 1. The molecule has 1 amide bonds. The monoisotopic (exact) mass is 410 g/mol. The minimum Gasteiger partial charge on any atom is -0.431 e. The third kappa shape index (κ3) is 4.47. The van der Waals surface area contributed by atoms with Crippen LogP contribution in [-0.2, 0) is 19.4 Å². The van der Waals surface area contributed by atoms with Crippen molar-refractivity contribution < 1.29 is 22.4 Å². The standard InChI is InChI=1S/C18H22N2O5S2/c21-17(11-26-18-19-15-5-1-2-6-16(15)25-18)20(10-14-4-3-8-24-14)13-7-9-27(22,23)12-13/h1-2,5-6,13-14H,3-4,7-12H2/t13-,14-/m1/s1. The summed E-state index contributed by atoms with van der Waals surface area (Å²) in [6, 6.07) is 7.18. The molecule has 0 bridgehead atoms. The van der Waals surface area contributed by atoms with Gasteiger partial charge in [-0.1, -0.05) is 23.9 Å². The number of para-hydroxylation sites is 2. The third-order valence-corrected chi connectivity index (χ3v) is 7.55. The number of rotatable bonds is 6. The van der Waals surface area contributed by atoms with Gasteiger partial charge < -0.3 is 14.1 Å². The number of hydrogen-bond donors (Lipinski definition) is 0. The normalized spacial score (nSPS) is 24.4. The van der Waals surface area contributed by atoms with Crippen molar-refractivity contribution in [3.05, 3.63) is 24.3 Å². The van der Waals surface area contributed by atoms with Gasteiger partial charge in [0.2, 0.25) is 5.91 Å². The van der Waals surface area contributed by atoms with E-state index in [1.807, 2.05) is 24.3 Å². The quantitative estimate of drug-likeness (QED) is 0.674. The van der Waals surface area contributed by atoms with Gasteiger partial charge in [-0.25, -0.2) is 13.4 Å². The maximum atomic E-state index is 12.9. The molecule has 4 rings (SSSR count). The van der Waals surface area contributed by atoms with E-state index in [-0.39, 0.29) is 35.3 Å². The first-order chi connectivity index (χ1) is 13.0. The molecular formula is C18H22N2O5S2. The third-order valence-electron chi connectivity index (χ3n) is 4.99. The van der Waals surface area contributed by atoms with Crippen LogP contribution in [0.4, 0.5) is 0 Å². The van der Waals surface area contributed by atoms with Gasteiger partial charge in [-0.15, -0.1) is 0 Å². The van der Waals surface area contributed by atoms with Crippen molar-refractivity contribution in [1.29, 1.82) is 0 Å². The number of ether oxygens (including phenoxy) is 1. The summed E-state index contributed by atoms with van der Waals surface area (Å²) in [4.78, 5) is 19.0. The molecule has 2 aliphatic rings. The molecule has 0 unspecified atom stereocenters. The van der Waals surface area contributed by atoms with Gasteiger partial charge in [0.25, 0.3) is 5.22 Å². The van der Waals surface area contributed by atoms with E-state index in [1.165, 1.54) is 11.8 Å². The second-order valence-electron chi connectivity index (χ2n) is 6.97. The molecule has 2 aliphatic heterocycles. The van der Waals surface area contributed by atoms with Crippen LogP contribution in [-0.4, -0.2) is 66.8 Å². The lowest BCUT2D eigenvalue weighted by Crippen LogP contribution is -2.46. The maximum absolute atomic E-state index is 12.9. The van der Waals surface area contributed by atoms with Crippen molar-refractivity contribution in [1.82, 2.24) is 9.88 Å². The SMILES string of the molecule is O=C(CSc1nc2ccccc2o1)N(C[C@H]1CCCO1)[C@@H]1CCS(=O)(=O)C1. The summed E-state index contributed by atoms with van der Waals surface area (Å²) in [6.07, 6.45) is 2.37. The number of carbonyl (C=O) groups is 1. The minimum absolute atomic E-state index is 0.00780. The number of carbonyl (C=O) groups excluding carboxylic acids is 1. The van der Waals surface area contributed by atoms with E-state index in [9.17, 15) is 13.2 Å². The number of amides is 1. The van der Waals surface area contributed by atoms with E-state index in [1.54, 1.807) is 4.90 Å². The Hall–Kier alpha value is -1.58. The van der Waals surface area contributed by atoms with Gasteiger partial charge >= 0.3 is 0 Å². The second-order valence-corrected chi connectivity index (χ2v) is 10.1. The molecule has 0 radical (unpaired) electrons. The highest BCUT2D eigenvalue weighted by molar-refractivity contribution is 7.99. The Morgan fingerprint density at radius 1 is 1.30 bits per heavy atom. The molecule has 2 atom stereocenters. The Balaban J connectivity index is 1.44. The first-order valence-corrected chi connectivity index (χ1v) is 11.9. The number of sulfone groups is 1. The van der Waals surface area contributed by atoms with Crippen LogP contribution >= 0.6 is 11.8 Å². The number of benzene rings is 1. The molecule has 0 saturated carbocycles. The smallest absolute Gasteiger partial charge is 0.257 e. The highest BCUT2D eigenvalue weighted by Gasteiger charge is 2.36. The number of nitrogens with zero attached hydrogens (tertiary/aromatic N) is 2. The Morgan fingerprint density at radius 2 is 2.15 bits per heavy atom. The number of aromatic nitrogens is 1. The fourth-order valence-corrected chi connectivity index (χ4v) is 6.06. The molecule has 2 aromatic rings. The summed E-state index contributed by atoms with van der Waals surface area (Å²) in [5, 5.41) is 0.445. The van der Waals surface area contributed by atoms with Crippen molar-refractivity contribution in [2.45, 2.75) is 36.6 Å². The van der Waals surface area contributed by atoms with Gasteiger partial charge in [-0.2, -0.15) is 0 Å². The van der Waals surface area contributed by atoms with Crippen molar-refractivity contribution in [2.24, 2.45) is 0 Å². The predicted molar refractivity (Wildman–Crippen MR) is 102 cm³/mol. The zero-order chi connectivity index (χ0) is 18.9. The summed E-state index contributed by atoms with van der Waals surface area (Å²) < 4.78 is 35.1. The molecular weight excluding hydrogens is 388 g/mol. The Kier molecular flexibility index (Phi) is 5.43. The lowest BCUT2D eigenvalue weighted by Gasteiger charge is -2.30. The van der Waals surface area contributed by atoms with Gasteiger partial charge in [-0.05, 0) is 31.4 Å². The van der Waals surface area contributed by atoms with Crippen LogP contribution in [0.1, 0.15) is 19.3 Å². The lowest BCUT2D eigenvalue weighted by molar-refractivity contribution is -0.131. The second kappa shape index (κ2) is 7.81. The van der Waals surface area contributed by atoms with Crippen molar-refractivity contribution in [3.8, 4) is 0 Å². The molecule has 1 aromatic heterocycles. The zero-order valence-electron chi connectivity index (χ0n) is 14.9. The molecule has 27 heavy (non-hydrogen) atoms. The summed E-state index contributed by atoms with van der Waals surface area (Å²) in [5.74, 6) is 0.250. The van der Waals surface area contributed by atoms with Crippen LogP contribution < -0.4 is 0 Å². The van der Waals surface area contributed by atoms with Gasteiger partial charge in [0.15, 0.2) is 15.4 Å². The zero-order valence-corrected chi connectivity index (χ0v) is 16.5. The van der Waals surface area contributed by atoms with Gasteiger partial charge in [0.1, 0.15) is 5.52 Å². The van der Waals surface area contributed by atoms with Gasteiger partial charge in [0.05, 0.1) is 23.4 Å². The predicted octanol–water partition coefficient (Wildman–Crippen LogP) is 2.11. The molecule has 0 N–H and O–H groups in total. The molecule has 2 saturated heterocycles. The molecule has 7 nitrogen and oxygen atoms in total. The molecule has 3 heterocycles. The first-order valence-electron chi connectivity index (χ1n) is 9.10. The average Bonchev–Trinajstić information content (AvgIpc) is 3.36. The van der Waals surface area contributed by atoms with E-state index >= 15 is 0 Å². The highest BCUT2D eigenvalue weighted by atomic mass is 32.2. The van der Waals surface area contributed by atoms with Crippen LogP contribution in [0.2, 0.25) is 0 Å². The average molecular weight is 411 g/mol. The molecule has 1 aromatic carbocycles. The molecule has 2 fully saturated rings. The fraction of sp³-hybridized carbons (Fsp3) is 0.556. The van der Waals surface area contributed by atoms with E-state index in [4.69, 9.17) is 9.15 Å². The van der Waals surface area contributed by atoms with E-state index in [0.717, 1.165) is 18.4 Å². The van der Waals surface area contributed by atoms with Crippen LogP contribution in [0.25, 0.3) is 11.1 Å². The molecule has 146 valence electrons. The maximum Gasteiger partial charge on any atom is 0.257 e. The molecule has 9 heteroatoms. The van der Waals surface area contributed by atoms with Crippen LogP contribution in [0, 0.1) is 0 Å². The van der Waals surface area contributed by atoms with Gasteiger partial charge in [-0.3, -0.25) is 4.79 Å². The van der Waals surface area contributed by atoms with E-state index < -0.39 is 9.84 Å². The Morgan fingerprint density at radius 3 is 2.85 bits per heavy atom. The summed E-state index contributed by atoms with van der Waals surface area (Å²) in [6.45, 7) is 1.15.